The average Bonchev–Trinajstić information content (AvgIpc) is 3.27. The zero-order chi connectivity index (χ0) is 22.4. The van der Waals surface area contributed by atoms with Crippen LogP contribution in [-0.2, 0) is 0 Å². The van der Waals surface area contributed by atoms with Gasteiger partial charge in [-0.1, -0.05) is 6.07 Å². The first-order chi connectivity index (χ1) is 16.2. The molecule has 2 aromatic heterocycles. The maximum Gasteiger partial charge on any atom is 0.126 e. The molecule has 4 aromatic rings. The summed E-state index contributed by atoms with van der Waals surface area (Å²) in [4.78, 5) is 12.7. The average molecular weight is 447 g/mol. The second-order valence-electron chi connectivity index (χ2n) is 9.46. The maximum atomic E-state index is 14.2. The van der Waals surface area contributed by atoms with Crippen molar-refractivity contribution in [2.75, 3.05) is 31.1 Å². The Kier molecular flexibility index (Phi) is 5.25. The lowest BCUT2D eigenvalue weighted by Crippen LogP contribution is -2.51. The third-order valence-corrected chi connectivity index (χ3v) is 7.63. The van der Waals surface area contributed by atoms with E-state index in [2.05, 4.69) is 26.0 Å². The molecule has 2 aromatic carbocycles. The highest BCUT2D eigenvalue weighted by molar-refractivity contribution is 5.91. The molecule has 1 aliphatic heterocycles. The molecule has 1 saturated carbocycles. The molecule has 2 fully saturated rings. The van der Waals surface area contributed by atoms with Crippen LogP contribution in [-0.4, -0.2) is 47.1 Å². The predicted octanol–water partition coefficient (Wildman–Crippen LogP) is 5.84. The van der Waals surface area contributed by atoms with E-state index in [1.165, 1.54) is 11.6 Å². The number of hydrogen-bond donors (Lipinski definition) is 1. The van der Waals surface area contributed by atoms with Crippen molar-refractivity contribution in [3.63, 3.8) is 0 Å². The molecule has 1 aliphatic carbocycles. The molecule has 4 nitrogen and oxygen atoms in total. The summed E-state index contributed by atoms with van der Waals surface area (Å²) in [6.07, 6.45) is 8.44. The van der Waals surface area contributed by atoms with Crippen LogP contribution in [0.25, 0.3) is 21.8 Å². The maximum absolute atomic E-state index is 14.2. The smallest absolute Gasteiger partial charge is 0.126 e. The number of anilines is 1. The van der Waals surface area contributed by atoms with Gasteiger partial charge in [0.15, 0.2) is 0 Å². The van der Waals surface area contributed by atoms with Gasteiger partial charge in [-0.25, -0.2) is 8.78 Å². The number of fused-ring (bicyclic) bond motifs is 2. The van der Waals surface area contributed by atoms with Gasteiger partial charge in [-0.05, 0) is 73.6 Å². The van der Waals surface area contributed by atoms with E-state index >= 15 is 0 Å². The molecule has 0 bridgehead atoms. The van der Waals surface area contributed by atoms with Crippen molar-refractivity contribution in [1.82, 2.24) is 14.9 Å². The number of H-pyrrole nitrogens is 1. The van der Waals surface area contributed by atoms with Crippen molar-refractivity contribution in [1.29, 1.82) is 0 Å². The van der Waals surface area contributed by atoms with Crippen molar-refractivity contribution in [2.24, 2.45) is 0 Å². The number of rotatable bonds is 3. The summed E-state index contributed by atoms with van der Waals surface area (Å²) in [7, 11) is 0. The number of pyridine rings is 1. The molecule has 6 heteroatoms. The van der Waals surface area contributed by atoms with E-state index in [-0.39, 0.29) is 11.6 Å². The number of nitrogens with one attached hydrogen (secondary N) is 1. The van der Waals surface area contributed by atoms with Gasteiger partial charge in [0.1, 0.15) is 11.6 Å². The summed E-state index contributed by atoms with van der Waals surface area (Å²) in [5, 5.41) is 1.88. The largest absolute Gasteiger partial charge is 0.367 e. The van der Waals surface area contributed by atoms with Crippen LogP contribution >= 0.6 is 0 Å². The van der Waals surface area contributed by atoms with Gasteiger partial charge >= 0.3 is 0 Å². The van der Waals surface area contributed by atoms with Crippen LogP contribution in [0.2, 0.25) is 0 Å². The Balaban J connectivity index is 1.10. The molecule has 3 heterocycles. The van der Waals surface area contributed by atoms with E-state index in [4.69, 9.17) is 0 Å². The molecular formula is C27H28F2N4. The number of benzene rings is 2. The fourth-order valence-corrected chi connectivity index (χ4v) is 5.91. The zero-order valence-electron chi connectivity index (χ0n) is 18.6. The summed E-state index contributed by atoms with van der Waals surface area (Å²) >= 11 is 0. The first kappa shape index (κ1) is 20.6. The number of aromatic amines is 1. The quantitative estimate of drug-likeness (QED) is 0.429. The lowest BCUT2D eigenvalue weighted by atomic mass is 9.81. The van der Waals surface area contributed by atoms with Crippen LogP contribution in [0.1, 0.15) is 37.2 Å². The fourth-order valence-electron chi connectivity index (χ4n) is 5.91. The van der Waals surface area contributed by atoms with Crippen LogP contribution in [0.5, 0.6) is 0 Å². The molecule has 0 spiro atoms. The summed E-state index contributed by atoms with van der Waals surface area (Å²) in [5.74, 6) is 0.113. The van der Waals surface area contributed by atoms with Crippen molar-refractivity contribution < 1.29 is 8.78 Å². The molecule has 0 unspecified atom stereocenters. The lowest BCUT2D eigenvalue weighted by molar-refractivity contribution is 0.141. The van der Waals surface area contributed by atoms with E-state index in [0.29, 0.717) is 12.0 Å². The third-order valence-electron chi connectivity index (χ3n) is 7.63. The van der Waals surface area contributed by atoms with Gasteiger partial charge in [-0.15, -0.1) is 0 Å². The minimum absolute atomic E-state index is 0.170. The first-order valence-corrected chi connectivity index (χ1v) is 12.0. The number of halogens is 2. The minimum atomic E-state index is -0.205. The molecule has 0 atom stereocenters. The van der Waals surface area contributed by atoms with Gasteiger partial charge in [0.05, 0.1) is 11.2 Å². The second kappa shape index (κ2) is 8.41. The summed E-state index contributed by atoms with van der Waals surface area (Å²) in [6.45, 7) is 3.74. The number of hydrogen-bond acceptors (Lipinski definition) is 3. The Labute approximate surface area is 192 Å². The Morgan fingerprint density at radius 2 is 1.70 bits per heavy atom. The van der Waals surface area contributed by atoms with Crippen LogP contribution in [0.15, 0.2) is 54.9 Å². The minimum Gasteiger partial charge on any atom is -0.367 e. The van der Waals surface area contributed by atoms with Gasteiger partial charge in [0.2, 0.25) is 0 Å². The SMILES string of the molecule is Fc1cc(N2CCN(C3CCC(c4c[nH]c5ccc(F)cc45)CC3)CC2)c2ncccc2c1. The summed E-state index contributed by atoms with van der Waals surface area (Å²) in [5.41, 5.74) is 4.06. The molecule has 0 radical (unpaired) electrons. The fraction of sp³-hybridized carbons (Fsp3) is 0.370. The van der Waals surface area contributed by atoms with Crippen LogP contribution in [0.3, 0.4) is 0 Å². The van der Waals surface area contributed by atoms with Gasteiger partial charge in [0, 0.05) is 60.9 Å². The van der Waals surface area contributed by atoms with Crippen molar-refractivity contribution >= 4 is 27.5 Å². The molecule has 1 N–H and O–H groups in total. The molecule has 170 valence electrons. The van der Waals surface area contributed by atoms with Crippen LogP contribution in [0.4, 0.5) is 14.5 Å². The van der Waals surface area contributed by atoms with Gasteiger partial charge in [0.25, 0.3) is 0 Å². The normalized spacial score (nSPS) is 22.3. The van der Waals surface area contributed by atoms with Crippen molar-refractivity contribution in [2.45, 2.75) is 37.6 Å². The van der Waals surface area contributed by atoms with Gasteiger partial charge < -0.3 is 9.88 Å². The van der Waals surface area contributed by atoms with E-state index < -0.39 is 0 Å². The highest BCUT2D eigenvalue weighted by Crippen LogP contribution is 2.38. The zero-order valence-corrected chi connectivity index (χ0v) is 18.6. The third kappa shape index (κ3) is 3.86. The van der Waals surface area contributed by atoms with Crippen LogP contribution in [0, 0.1) is 11.6 Å². The molecule has 2 aliphatic rings. The Bertz CT molecular complexity index is 1280. The van der Waals surface area contributed by atoms with E-state index in [0.717, 1.165) is 79.4 Å². The highest BCUT2D eigenvalue weighted by Gasteiger charge is 2.30. The Morgan fingerprint density at radius 3 is 2.52 bits per heavy atom. The number of piperazine rings is 1. The molecule has 1 saturated heterocycles. The van der Waals surface area contributed by atoms with Crippen molar-refractivity contribution in [3.8, 4) is 0 Å². The molecular weight excluding hydrogens is 418 g/mol. The summed E-state index contributed by atoms with van der Waals surface area (Å²) < 4.78 is 28.0. The Hall–Kier alpha value is -2.99. The summed E-state index contributed by atoms with van der Waals surface area (Å²) in [6, 6.07) is 12.6. The monoisotopic (exact) mass is 446 g/mol. The molecule has 33 heavy (non-hydrogen) atoms. The predicted molar refractivity (Wildman–Crippen MR) is 129 cm³/mol. The van der Waals surface area contributed by atoms with E-state index in [1.54, 1.807) is 24.4 Å². The van der Waals surface area contributed by atoms with Crippen molar-refractivity contribution in [3.05, 3.63) is 72.1 Å². The van der Waals surface area contributed by atoms with Gasteiger partial charge in [-0.3, -0.25) is 9.88 Å². The van der Waals surface area contributed by atoms with E-state index in [1.807, 2.05) is 18.2 Å². The van der Waals surface area contributed by atoms with Gasteiger partial charge in [-0.2, -0.15) is 0 Å². The lowest BCUT2D eigenvalue weighted by Gasteiger charge is -2.42. The molecule has 0 amide bonds. The standard InChI is InChI=1S/C27H28F2N4/c28-20-5-8-25-23(15-20)24(17-31-25)18-3-6-22(7-4-18)32-10-12-33(13-11-32)26-16-21(29)14-19-2-1-9-30-27(19)26/h1-2,5,8-9,14-18,22,31H,3-4,6-7,10-13H2. The Morgan fingerprint density at radius 1 is 0.879 bits per heavy atom. The molecule has 6 rings (SSSR count). The second-order valence-corrected chi connectivity index (χ2v) is 9.46. The highest BCUT2D eigenvalue weighted by atomic mass is 19.1. The number of nitrogens with zero attached hydrogens (tertiary/aromatic N) is 3. The topological polar surface area (TPSA) is 35.2 Å². The van der Waals surface area contributed by atoms with E-state index in [9.17, 15) is 8.78 Å². The van der Waals surface area contributed by atoms with Crippen LogP contribution < -0.4 is 4.90 Å². The first-order valence-electron chi connectivity index (χ1n) is 12.0. The number of aromatic nitrogens is 2.